The van der Waals surface area contributed by atoms with Gasteiger partial charge in [0.1, 0.15) is 5.60 Å². The highest BCUT2D eigenvalue weighted by atomic mass is 32.1. The van der Waals surface area contributed by atoms with Crippen molar-refractivity contribution in [1.82, 2.24) is 10.2 Å². The Morgan fingerprint density at radius 1 is 1.52 bits per heavy atom. The van der Waals surface area contributed by atoms with E-state index in [1.807, 2.05) is 26.8 Å². The van der Waals surface area contributed by atoms with Gasteiger partial charge in [0.2, 0.25) is 0 Å². The van der Waals surface area contributed by atoms with Crippen LogP contribution < -0.4 is 5.32 Å². The molecule has 2 N–H and O–H groups in total. The first-order valence-corrected chi connectivity index (χ1v) is 8.15. The summed E-state index contributed by atoms with van der Waals surface area (Å²) < 4.78 is 5.33. The molecular formula is C15H24N2O3S. The number of nitrogens with one attached hydrogen (secondary N) is 1. The van der Waals surface area contributed by atoms with Crippen LogP contribution in [0.15, 0.2) is 17.5 Å². The van der Waals surface area contributed by atoms with Crippen LogP contribution in [0.4, 0.5) is 4.79 Å². The minimum atomic E-state index is -0.541. The van der Waals surface area contributed by atoms with Crippen molar-refractivity contribution >= 4 is 17.4 Å². The summed E-state index contributed by atoms with van der Waals surface area (Å²) in [6.07, 6.45) is 0.0396. The number of aliphatic hydroxyl groups excluding tert-OH is 1. The maximum Gasteiger partial charge on any atom is 0.410 e. The number of hydrogen-bond acceptors (Lipinski definition) is 5. The van der Waals surface area contributed by atoms with Gasteiger partial charge in [-0.1, -0.05) is 6.07 Å². The predicted molar refractivity (Wildman–Crippen MR) is 83.6 cm³/mol. The molecule has 1 aromatic heterocycles. The third-order valence-corrected chi connectivity index (χ3v) is 4.23. The van der Waals surface area contributed by atoms with E-state index in [9.17, 15) is 9.90 Å². The Morgan fingerprint density at radius 2 is 2.29 bits per heavy atom. The van der Waals surface area contributed by atoms with Crippen molar-refractivity contribution in [1.29, 1.82) is 0 Å². The van der Waals surface area contributed by atoms with Crippen LogP contribution >= 0.6 is 11.3 Å². The van der Waals surface area contributed by atoms with Crippen molar-refractivity contribution in [2.75, 3.05) is 19.6 Å². The molecular weight excluding hydrogens is 288 g/mol. The highest BCUT2D eigenvalue weighted by Crippen LogP contribution is 2.16. The van der Waals surface area contributed by atoms with E-state index in [1.165, 1.54) is 4.88 Å². The van der Waals surface area contributed by atoms with Crippen molar-refractivity contribution in [3.05, 3.63) is 22.4 Å². The zero-order valence-electron chi connectivity index (χ0n) is 12.8. The van der Waals surface area contributed by atoms with E-state index in [0.717, 1.165) is 13.0 Å². The molecule has 1 amide bonds. The van der Waals surface area contributed by atoms with Gasteiger partial charge in [-0.2, -0.15) is 0 Å². The van der Waals surface area contributed by atoms with E-state index in [1.54, 1.807) is 16.2 Å². The van der Waals surface area contributed by atoms with Gasteiger partial charge < -0.3 is 20.1 Å². The van der Waals surface area contributed by atoms with Crippen LogP contribution in [0.3, 0.4) is 0 Å². The van der Waals surface area contributed by atoms with Crippen molar-refractivity contribution in [3.8, 4) is 0 Å². The second kappa shape index (κ2) is 6.77. The number of amides is 1. The lowest BCUT2D eigenvalue weighted by Crippen LogP contribution is -2.40. The number of nitrogens with zero attached hydrogens (tertiary/aromatic N) is 1. The summed E-state index contributed by atoms with van der Waals surface area (Å²) in [4.78, 5) is 14.9. The molecule has 1 fully saturated rings. The monoisotopic (exact) mass is 312 g/mol. The molecule has 0 saturated carbocycles. The number of thiophene rings is 1. The standard InChI is InChI=1S/C15H24N2O3S/c1-15(2,3)20-14(19)17-9-12(13(18)10-17)16-7-6-11-5-4-8-21-11/h4-5,8,12-13,16,18H,6-7,9-10H2,1-3H3/t12-,13-/m1/s1. The van der Waals surface area contributed by atoms with Gasteiger partial charge in [-0.25, -0.2) is 4.79 Å². The van der Waals surface area contributed by atoms with E-state index < -0.39 is 11.7 Å². The number of aliphatic hydroxyl groups is 1. The molecule has 0 unspecified atom stereocenters. The fraction of sp³-hybridized carbons (Fsp3) is 0.667. The van der Waals surface area contributed by atoms with Gasteiger partial charge in [-0.15, -0.1) is 11.3 Å². The molecule has 5 nitrogen and oxygen atoms in total. The molecule has 0 radical (unpaired) electrons. The van der Waals surface area contributed by atoms with Gasteiger partial charge in [-0.3, -0.25) is 0 Å². The number of ether oxygens (including phenoxy) is 1. The van der Waals surface area contributed by atoms with Gasteiger partial charge in [0, 0.05) is 18.0 Å². The zero-order valence-corrected chi connectivity index (χ0v) is 13.7. The Kier molecular flexibility index (Phi) is 5.24. The number of β-amino-alcohol motifs (C(OH)–C–C–N with tert-alkyl or cyclic N) is 1. The van der Waals surface area contributed by atoms with Gasteiger partial charge in [0.05, 0.1) is 18.7 Å². The molecule has 2 atom stereocenters. The number of carbonyl (C=O) groups is 1. The summed E-state index contributed by atoms with van der Waals surface area (Å²) in [5.74, 6) is 0. The Hall–Kier alpha value is -1.11. The fourth-order valence-electron chi connectivity index (χ4n) is 2.30. The average Bonchev–Trinajstić information content (AvgIpc) is 2.98. The first-order valence-electron chi connectivity index (χ1n) is 7.27. The molecule has 21 heavy (non-hydrogen) atoms. The Bertz CT molecular complexity index is 456. The molecule has 2 rings (SSSR count). The quantitative estimate of drug-likeness (QED) is 0.891. The number of likely N-dealkylation sites (tertiary alicyclic amines) is 1. The van der Waals surface area contributed by atoms with Gasteiger partial charge >= 0.3 is 6.09 Å². The first-order chi connectivity index (χ1) is 9.85. The van der Waals surface area contributed by atoms with E-state index in [0.29, 0.717) is 13.1 Å². The van der Waals surface area contributed by atoms with E-state index >= 15 is 0 Å². The van der Waals surface area contributed by atoms with Crippen LogP contribution in [0.25, 0.3) is 0 Å². The summed E-state index contributed by atoms with van der Waals surface area (Å²) in [7, 11) is 0. The van der Waals surface area contributed by atoms with Crippen molar-refractivity contribution < 1.29 is 14.6 Å². The fourth-order valence-corrected chi connectivity index (χ4v) is 3.01. The van der Waals surface area contributed by atoms with Crippen LogP contribution in [-0.2, 0) is 11.2 Å². The lowest BCUT2D eigenvalue weighted by atomic mass is 10.2. The average molecular weight is 312 g/mol. The number of carbonyl (C=O) groups excluding carboxylic acids is 1. The Balaban J connectivity index is 1.76. The summed E-state index contributed by atoms with van der Waals surface area (Å²) in [5.41, 5.74) is -0.507. The van der Waals surface area contributed by atoms with E-state index in [-0.39, 0.29) is 12.1 Å². The van der Waals surface area contributed by atoms with Crippen LogP contribution in [-0.4, -0.2) is 53.5 Å². The second-order valence-electron chi connectivity index (χ2n) is 6.34. The summed E-state index contributed by atoms with van der Waals surface area (Å²) in [6.45, 7) is 7.13. The molecule has 1 saturated heterocycles. The maximum absolute atomic E-state index is 12.0. The lowest BCUT2D eigenvalue weighted by Gasteiger charge is -2.24. The highest BCUT2D eigenvalue weighted by molar-refractivity contribution is 7.09. The Labute approximate surface area is 129 Å². The minimum absolute atomic E-state index is 0.0857. The van der Waals surface area contributed by atoms with E-state index in [4.69, 9.17) is 4.74 Å². The molecule has 1 aliphatic heterocycles. The molecule has 0 aliphatic carbocycles. The summed E-state index contributed by atoms with van der Waals surface area (Å²) >= 11 is 1.73. The number of rotatable bonds is 4. The highest BCUT2D eigenvalue weighted by Gasteiger charge is 2.35. The minimum Gasteiger partial charge on any atom is -0.444 e. The molecule has 6 heteroatoms. The zero-order chi connectivity index (χ0) is 15.5. The van der Waals surface area contributed by atoms with Crippen LogP contribution in [0.2, 0.25) is 0 Å². The molecule has 2 heterocycles. The lowest BCUT2D eigenvalue weighted by molar-refractivity contribution is 0.0270. The smallest absolute Gasteiger partial charge is 0.410 e. The van der Waals surface area contributed by atoms with Gasteiger partial charge in [0.15, 0.2) is 0 Å². The second-order valence-corrected chi connectivity index (χ2v) is 7.37. The molecule has 0 aromatic carbocycles. The van der Waals surface area contributed by atoms with Gasteiger partial charge in [-0.05, 0) is 38.6 Å². The van der Waals surface area contributed by atoms with Crippen molar-refractivity contribution in [2.24, 2.45) is 0 Å². The third kappa shape index (κ3) is 4.98. The molecule has 1 aromatic rings. The first kappa shape index (κ1) is 16.3. The largest absolute Gasteiger partial charge is 0.444 e. The predicted octanol–water partition coefficient (Wildman–Crippen LogP) is 1.86. The van der Waals surface area contributed by atoms with Gasteiger partial charge in [0.25, 0.3) is 0 Å². The van der Waals surface area contributed by atoms with Crippen LogP contribution in [0, 0.1) is 0 Å². The molecule has 1 aliphatic rings. The summed E-state index contributed by atoms with van der Waals surface area (Å²) in [6, 6.07) is 4.05. The van der Waals surface area contributed by atoms with Crippen molar-refractivity contribution in [2.45, 2.75) is 44.9 Å². The van der Waals surface area contributed by atoms with Crippen molar-refractivity contribution in [3.63, 3.8) is 0 Å². The molecule has 118 valence electrons. The normalized spacial score (nSPS) is 22.6. The summed E-state index contributed by atoms with van der Waals surface area (Å²) in [5, 5.41) is 15.4. The number of hydrogen-bond donors (Lipinski definition) is 2. The third-order valence-electron chi connectivity index (χ3n) is 3.30. The topological polar surface area (TPSA) is 61.8 Å². The van der Waals surface area contributed by atoms with Crippen LogP contribution in [0.1, 0.15) is 25.6 Å². The Morgan fingerprint density at radius 3 is 2.90 bits per heavy atom. The molecule has 0 spiro atoms. The van der Waals surface area contributed by atoms with E-state index in [2.05, 4.69) is 16.8 Å². The molecule has 0 bridgehead atoms. The maximum atomic E-state index is 12.0. The SMILES string of the molecule is CC(C)(C)OC(=O)N1C[C@@H](O)[C@H](NCCc2cccs2)C1. The van der Waals surface area contributed by atoms with Crippen LogP contribution in [0.5, 0.6) is 0 Å².